The summed E-state index contributed by atoms with van der Waals surface area (Å²) in [5, 5.41) is 17.7. The summed E-state index contributed by atoms with van der Waals surface area (Å²) in [6, 6.07) is 5.72. The summed E-state index contributed by atoms with van der Waals surface area (Å²) >= 11 is 0. The molecule has 3 heteroatoms. The van der Waals surface area contributed by atoms with E-state index in [1.807, 2.05) is 32.0 Å². The minimum Gasteiger partial charge on any atom is -0.507 e. The van der Waals surface area contributed by atoms with Gasteiger partial charge in [-0.15, -0.1) is 0 Å². The van der Waals surface area contributed by atoms with Crippen LogP contribution in [0.4, 0.5) is 0 Å². The van der Waals surface area contributed by atoms with E-state index in [2.05, 4.69) is 0 Å². The molecule has 83 valence electrons. The number of aliphatic hydroxyl groups is 1. The van der Waals surface area contributed by atoms with E-state index in [1.165, 1.54) is 0 Å². The number of phenolic OH excluding ortho intramolecular Hbond substituents is 1. The fraction of sp³-hybridized carbons (Fsp3) is 0.500. The maximum absolute atomic E-state index is 9.21. The molecule has 15 heavy (non-hydrogen) atoms. The van der Waals surface area contributed by atoms with Crippen LogP contribution in [0.5, 0.6) is 5.75 Å². The van der Waals surface area contributed by atoms with Gasteiger partial charge in [-0.2, -0.15) is 0 Å². The zero-order valence-corrected chi connectivity index (χ0v) is 13.0. The van der Waals surface area contributed by atoms with Crippen LogP contribution in [0.3, 0.4) is 0 Å². The molecule has 0 atom stereocenters. The first-order valence-electron chi connectivity index (χ1n) is 4.69. The van der Waals surface area contributed by atoms with Crippen molar-refractivity contribution in [1.82, 2.24) is 0 Å². The van der Waals surface area contributed by atoms with Gasteiger partial charge in [-0.3, -0.25) is 0 Å². The fourth-order valence-electron chi connectivity index (χ4n) is 0.806. The third-order valence-corrected chi connectivity index (χ3v) is 1.44. The maximum Gasteiger partial charge on any atom is 0.121 e. The average Bonchev–Trinajstić information content (AvgIpc) is 1.97. The molecular weight excluding hydrogens is 265 g/mol. The Hall–Kier alpha value is 0.0839. The first kappa shape index (κ1) is 17.5. The maximum atomic E-state index is 9.21. The molecule has 0 aliphatic rings. The van der Waals surface area contributed by atoms with Crippen molar-refractivity contribution in [3.63, 3.8) is 0 Å². The first-order valence-corrected chi connectivity index (χ1v) is 4.69. The van der Waals surface area contributed by atoms with Crippen molar-refractivity contribution in [1.29, 1.82) is 0 Å². The van der Waals surface area contributed by atoms with E-state index in [1.54, 1.807) is 20.8 Å². The number of hydrogen-bond donors (Lipinski definition) is 2. The van der Waals surface area contributed by atoms with Crippen molar-refractivity contribution in [3.05, 3.63) is 29.3 Å². The SMILES string of the molecule is CC(C)(C)O.Cc1cccc(C)c1O.[Y]. The summed E-state index contributed by atoms with van der Waals surface area (Å²) in [4.78, 5) is 0. The molecule has 0 aromatic heterocycles. The van der Waals surface area contributed by atoms with Gasteiger partial charge in [0, 0.05) is 32.7 Å². The largest absolute Gasteiger partial charge is 0.507 e. The Morgan fingerprint density at radius 1 is 1.00 bits per heavy atom. The summed E-state index contributed by atoms with van der Waals surface area (Å²) in [6.07, 6.45) is 0. The molecule has 1 aromatic rings. The second-order valence-electron chi connectivity index (χ2n) is 4.41. The van der Waals surface area contributed by atoms with Crippen molar-refractivity contribution in [2.24, 2.45) is 0 Å². The minimum absolute atomic E-state index is 0. The van der Waals surface area contributed by atoms with Crippen LogP contribution >= 0.6 is 0 Å². The number of benzene rings is 1. The third kappa shape index (κ3) is 10.4. The number of aromatic hydroxyl groups is 1. The van der Waals surface area contributed by atoms with Gasteiger partial charge >= 0.3 is 0 Å². The van der Waals surface area contributed by atoms with Crippen LogP contribution in [-0.2, 0) is 32.7 Å². The van der Waals surface area contributed by atoms with Gasteiger partial charge in [0.05, 0.1) is 5.60 Å². The molecule has 0 spiro atoms. The Morgan fingerprint density at radius 2 is 1.27 bits per heavy atom. The number of rotatable bonds is 0. The van der Waals surface area contributed by atoms with E-state index in [0.29, 0.717) is 5.75 Å². The van der Waals surface area contributed by atoms with Crippen LogP contribution in [0.25, 0.3) is 0 Å². The molecule has 0 bridgehead atoms. The van der Waals surface area contributed by atoms with Gasteiger partial charge in [-0.25, -0.2) is 0 Å². The summed E-state index contributed by atoms with van der Waals surface area (Å²) in [7, 11) is 0. The molecule has 0 unspecified atom stereocenters. The van der Waals surface area contributed by atoms with Crippen molar-refractivity contribution in [3.8, 4) is 5.75 Å². The van der Waals surface area contributed by atoms with E-state index in [-0.39, 0.29) is 32.7 Å². The Morgan fingerprint density at radius 3 is 1.47 bits per heavy atom. The van der Waals surface area contributed by atoms with Gasteiger partial charge in [0.1, 0.15) is 5.75 Å². The van der Waals surface area contributed by atoms with Crippen LogP contribution in [0.15, 0.2) is 18.2 Å². The van der Waals surface area contributed by atoms with Crippen LogP contribution in [-0.4, -0.2) is 15.8 Å². The predicted octanol–water partition coefficient (Wildman–Crippen LogP) is 2.78. The van der Waals surface area contributed by atoms with E-state index in [9.17, 15) is 5.11 Å². The van der Waals surface area contributed by atoms with Crippen LogP contribution in [0.1, 0.15) is 31.9 Å². The first-order chi connectivity index (χ1) is 6.22. The Kier molecular flexibility index (Phi) is 8.59. The molecule has 1 radical (unpaired) electrons. The monoisotopic (exact) mass is 285 g/mol. The van der Waals surface area contributed by atoms with Gasteiger partial charge in [0.2, 0.25) is 0 Å². The standard InChI is InChI=1S/C8H10O.C4H10O.Y/c1-6-4-3-5-7(2)8(6)9;1-4(2,3)5;/h3-5,9H,1-2H3;5H,1-3H3;. The van der Waals surface area contributed by atoms with Crippen molar-refractivity contribution in [2.45, 2.75) is 40.2 Å². The number of phenols is 1. The van der Waals surface area contributed by atoms with Crippen molar-refractivity contribution < 1.29 is 42.9 Å². The third-order valence-electron chi connectivity index (χ3n) is 1.44. The summed E-state index contributed by atoms with van der Waals surface area (Å²) in [5.74, 6) is 0.414. The predicted molar refractivity (Wildman–Crippen MR) is 59.6 cm³/mol. The number of hydrogen-bond acceptors (Lipinski definition) is 2. The molecule has 0 saturated heterocycles. The zero-order valence-electron chi connectivity index (χ0n) is 10.2. The minimum atomic E-state index is -0.500. The molecular formula is C12H20O2Y. The van der Waals surface area contributed by atoms with Gasteiger partial charge in [0.15, 0.2) is 0 Å². The second kappa shape index (κ2) is 7.37. The van der Waals surface area contributed by atoms with Crippen molar-refractivity contribution in [2.75, 3.05) is 0 Å². The van der Waals surface area contributed by atoms with Crippen LogP contribution < -0.4 is 0 Å². The fourth-order valence-corrected chi connectivity index (χ4v) is 0.806. The average molecular weight is 285 g/mol. The quantitative estimate of drug-likeness (QED) is 0.769. The Bertz CT molecular complexity index is 264. The number of para-hydroxylation sites is 1. The smallest absolute Gasteiger partial charge is 0.121 e. The second-order valence-corrected chi connectivity index (χ2v) is 4.41. The van der Waals surface area contributed by atoms with E-state index in [0.717, 1.165) is 11.1 Å². The topological polar surface area (TPSA) is 40.5 Å². The number of aryl methyl sites for hydroxylation is 2. The van der Waals surface area contributed by atoms with Gasteiger partial charge in [-0.1, -0.05) is 18.2 Å². The van der Waals surface area contributed by atoms with Crippen LogP contribution in [0.2, 0.25) is 0 Å². The summed E-state index contributed by atoms with van der Waals surface area (Å²) in [6.45, 7) is 9.01. The Balaban J connectivity index is 0. The van der Waals surface area contributed by atoms with Crippen LogP contribution in [0, 0.1) is 13.8 Å². The molecule has 1 aromatic carbocycles. The van der Waals surface area contributed by atoms with E-state index in [4.69, 9.17) is 5.11 Å². The molecule has 0 heterocycles. The van der Waals surface area contributed by atoms with Gasteiger partial charge in [-0.05, 0) is 45.7 Å². The normalized spacial score (nSPS) is 9.73. The zero-order chi connectivity index (χ0) is 11.4. The van der Waals surface area contributed by atoms with Crippen molar-refractivity contribution >= 4 is 0 Å². The molecule has 0 aliphatic heterocycles. The molecule has 0 aliphatic carbocycles. The van der Waals surface area contributed by atoms with Gasteiger partial charge in [0.25, 0.3) is 0 Å². The van der Waals surface area contributed by atoms with E-state index >= 15 is 0 Å². The molecule has 0 amide bonds. The molecule has 2 nitrogen and oxygen atoms in total. The Labute approximate surface area is 118 Å². The molecule has 2 N–H and O–H groups in total. The molecule has 0 saturated carbocycles. The van der Waals surface area contributed by atoms with Gasteiger partial charge < -0.3 is 10.2 Å². The summed E-state index contributed by atoms with van der Waals surface area (Å²) < 4.78 is 0. The van der Waals surface area contributed by atoms with E-state index < -0.39 is 5.60 Å². The molecule has 0 fully saturated rings. The molecule has 1 rings (SSSR count). The summed E-state index contributed by atoms with van der Waals surface area (Å²) in [5.41, 5.74) is 1.38.